The number of aromatic nitrogens is 1. The molecule has 1 saturated heterocycles. The van der Waals surface area contributed by atoms with E-state index in [4.69, 9.17) is 38.0 Å². The van der Waals surface area contributed by atoms with Crippen molar-refractivity contribution in [1.29, 1.82) is 0 Å². The first kappa shape index (κ1) is 27.1. The molecule has 1 unspecified atom stereocenters. The van der Waals surface area contributed by atoms with E-state index in [1.807, 2.05) is 6.92 Å². The number of carbonyl (C=O) groups is 3. The van der Waals surface area contributed by atoms with Crippen LogP contribution in [0.15, 0.2) is 18.2 Å². The molecule has 3 amide bonds. The van der Waals surface area contributed by atoms with Crippen molar-refractivity contribution in [2.45, 2.75) is 51.4 Å². The predicted octanol–water partition coefficient (Wildman–Crippen LogP) is 4.66. The third-order valence-corrected chi connectivity index (χ3v) is 5.89. The van der Waals surface area contributed by atoms with Gasteiger partial charge >= 0.3 is 12.2 Å². The lowest BCUT2D eigenvalue weighted by Crippen LogP contribution is -2.41. The number of anilines is 1. The van der Waals surface area contributed by atoms with Gasteiger partial charge in [-0.3, -0.25) is 9.69 Å². The lowest BCUT2D eigenvalue weighted by Gasteiger charge is -2.29. The first-order chi connectivity index (χ1) is 15.5. The van der Waals surface area contributed by atoms with Gasteiger partial charge in [0.15, 0.2) is 0 Å². The lowest BCUT2D eigenvalue weighted by molar-refractivity contribution is -0.127. The van der Waals surface area contributed by atoms with Gasteiger partial charge < -0.3 is 14.2 Å². The fraction of sp³-hybridized carbons (Fsp3) is 0.571. The van der Waals surface area contributed by atoms with Crippen molar-refractivity contribution in [2.24, 2.45) is 0 Å². The molecule has 33 heavy (non-hydrogen) atoms. The van der Waals surface area contributed by atoms with E-state index in [0.29, 0.717) is 23.2 Å². The molecule has 0 N–H and O–H groups in total. The van der Waals surface area contributed by atoms with Gasteiger partial charge in [-0.1, -0.05) is 29.4 Å². The van der Waals surface area contributed by atoms with Crippen LogP contribution in [0.4, 0.5) is 15.4 Å². The van der Waals surface area contributed by atoms with E-state index < -0.39 is 17.8 Å². The van der Waals surface area contributed by atoms with E-state index in [2.05, 4.69) is 4.98 Å². The van der Waals surface area contributed by atoms with Crippen molar-refractivity contribution in [1.82, 2.24) is 9.88 Å². The molecule has 1 fully saturated rings. The summed E-state index contributed by atoms with van der Waals surface area (Å²) < 4.78 is 16.1. The van der Waals surface area contributed by atoms with Crippen molar-refractivity contribution < 1.29 is 28.6 Å². The Hall–Kier alpha value is -2.11. The van der Waals surface area contributed by atoms with Crippen molar-refractivity contribution >= 4 is 63.9 Å². The number of hydrogen-bond donors (Lipinski definition) is 0. The minimum atomic E-state index is -0.733. The smallest absolute Gasteiger partial charge is 0.416 e. The van der Waals surface area contributed by atoms with Gasteiger partial charge in [-0.15, -0.1) is 0 Å². The van der Waals surface area contributed by atoms with E-state index in [1.54, 1.807) is 39.0 Å². The molecule has 1 aromatic heterocycles. The summed E-state index contributed by atoms with van der Waals surface area (Å²) in [5, 5.41) is -0.127. The van der Waals surface area contributed by atoms with Crippen LogP contribution in [0.1, 0.15) is 40.5 Å². The van der Waals surface area contributed by atoms with Crippen LogP contribution >= 0.6 is 35.6 Å². The van der Waals surface area contributed by atoms with Gasteiger partial charge in [0, 0.05) is 18.2 Å². The molecule has 1 aliphatic heterocycles. The number of amides is 3. The van der Waals surface area contributed by atoms with Gasteiger partial charge in [0.05, 0.1) is 13.2 Å². The van der Waals surface area contributed by atoms with Crippen LogP contribution in [0.25, 0.3) is 0 Å². The maximum absolute atomic E-state index is 13.0. The van der Waals surface area contributed by atoms with Crippen molar-refractivity contribution in [3.63, 3.8) is 0 Å². The largest absolute Gasteiger partial charge is 0.479 e. The summed E-state index contributed by atoms with van der Waals surface area (Å²) in [5.41, 5.74) is -0.733. The van der Waals surface area contributed by atoms with Crippen LogP contribution in [0, 0.1) is 0 Å². The molecule has 0 aliphatic carbocycles. The highest BCUT2D eigenvalue weighted by Crippen LogP contribution is 2.26. The Morgan fingerprint density at radius 3 is 2.70 bits per heavy atom. The Morgan fingerprint density at radius 1 is 1.39 bits per heavy atom. The summed E-state index contributed by atoms with van der Waals surface area (Å²) in [6.07, 6.45) is -0.875. The van der Waals surface area contributed by atoms with Gasteiger partial charge in [-0.05, 0) is 58.5 Å². The van der Waals surface area contributed by atoms with Crippen LogP contribution in [0.3, 0.4) is 0 Å². The quantitative estimate of drug-likeness (QED) is 0.360. The molecular weight excluding hydrogens is 490 g/mol. The number of carbonyl (C=O) groups excluding carboxylic acids is 3. The van der Waals surface area contributed by atoms with Gasteiger partial charge in [-0.2, -0.15) is 0 Å². The molecule has 0 spiro atoms. The number of pyridine rings is 1. The molecule has 9 nitrogen and oxygen atoms in total. The first-order valence-corrected chi connectivity index (χ1v) is 12.1. The molecule has 2 heterocycles. The number of cyclic esters (lactones) is 1. The molecule has 182 valence electrons. The van der Waals surface area contributed by atoms with E-state index in [0.717, 1.165) is 4.90 Å². The summed E-state index contributed by atoms with van der Waals surface area (Å²) in [6, 6.07) is 4.92. The van der Waals surface area contributed by atoms with E-state index in [-0.39, 0.29) is 42.4 Å². The number of hydrogen-bond acceptors (Lipinski definition) is 9. The highest BCUT2D eigenvalue weighted by molar-refractivity contribution is 8.23. The second-order valence-electron chi connectivity index (χ2n) is 8.03. The molecule has 1 aromatic rings. The van der Waals surface area contributed by atoms with Crippen molar-refractivity contribution in [3.8, 4) is 0 Å². The maximum atomic E-state index is 13.0. The van der Waals surface area contributed by atoms with Gasteiger partial charge in [0.25, 0.3) is 0 Å². The molecular formula is C21H28ClN3O6S2. The zero-order valence-electron chi connectivity index (χ0n) is 19.0. The van der Waals surface area contributed by atoms with E-state index in [1.165, 1.54) is 16.7 Å². The second-order valence-corrected chi connectivity index (χ2v) is 10.3. The van der Waals surface area contributed by atoms with Crippen LogP contribution in [-0.4, -0.2) is 69.5 Å². The number of nitrogens with zero attached hydrogens (tertiary/aromatic N) is 3. The predicted molar refractivity (Wildman–Crippen MR) is 131 cm³/mol. The standard InChI is InChI=1S/C21H28ClN3O6S2/c1-5-29-20(32)33-14(9-10-17(26)24-11-12-30-18(24)27)13-25(19(28)31-21(2,3)4)16-8-6-7-15(22)23-16/h6-8,14H,5,9-13H2,1-4H3. The molecule has 1 atom stereocenters. The van der Waals surface area contributed by atoms with Gasteiger partial charge in [-0.25, -0.2) is 19.5 Å². The highest BCUT2D eigenvalue weighted by atomic mass is 35.5. The zero-order chi connectivity index (χ0) is 24.6. The van der Waals surface area contributed by atoms with Gasteiger partial charge in [0.1, 0.15) is 23.2 Å². The third kappa shape index (κ3) is 8.98. The average molecular weight is 518 g/mol. The third-order valence-electron chi connectivity index (χ3n) is 4.24. The van der Waals surface area contributed by atoms with Crippen LogP contribution < -0.4 is 4.90 Å². The summed E-state index contributed by atoms with van der Waals surface area (Å²) in [7, 11) is 0. The highest BCUT2D eigenvalue weighted by Gasteiger charge is 2.31. The molecule has 0 aromatic carbocycles. The first-order valence-electron chi connectivity index (χ1n) is 10.4. The van der Waals surface area contributed by atoms with E-state index >= 15 is 0 Å². The Labute approximate surface area is 208 Å². The summed E-state index contributed by atoms with van der Waals surface area (Å²) >= 11 is 12.6. The molecule has 12 heteroatoms. The number of thioether (sulfide) groups is 1. The minimum Gasteiger partial charge on any atom is -0.479 e. The van der Waals surface area contributed by atoms with E-state index in [9.17, 15) is 14.4 Å². The fourth-order valence-electron chi connectivity index (χ4n) is 2.84. The molecule has 2 rings (SSSR count). The number of thiocarbonyl (C=S) groups is 1. The van der Waals surface area contributed by atoms with Gasteiger partial charge in [0.2, 0.25) is 10.3 Å². The van der Waals surface area contributed by atoms with Crippen LogP contribution in [-0.2, 0) is 19.0 Å². The van der Waals surface area contributed by atoms with Crippen molar-refractivity contribution in [3.05, 3.63) is 23.4 Å². The summed E-state index contributed by atoms with van der Waals surface area (Å²) in [5.74, 6) is -0.0470. The minimum absolute atomic E-state index is 0.0621. The maximum Gasteiger partial charge on any atom is 0.416 e. The van der Waals surface area contributed by atoms with Crippen LogP contribution in [0.2, 0.25) is 5.15 Å². The summed E-state index contributed by atoms with van der Waals surface area (Å²) in [4.78, 5) is 43.9. The number of imide groups is 1. The van der Waals surface area contributed by atoms with Crippen molar-refractivity contribution in [2.75, 3.05) is 31.2 Å². The Morgan fingerprint density at radius 2 is 2.12 bits per heavy atom. The Bertz CT molecular complexity index is 880. The Kier molecular flexibility index (Phi) is 10.2. The molecule has 1 aliphatic rings. The number of rotatable bonds is 8. The second kappa shape index (κ2) is 12.4. The Balaban J connectivity index is 2.22. The average Bonchev–Trinajstić information content (AvgIpc) is 3.14. The lowest BCUT2D eigenvalue weighted by atomic mass is 10.2. The number of ether oxygens (including phenoxy) is 3. The SMILES string of the molecule is CCOC(=S)SC(CCC(=O)N1CCOC1=O)CN(C(=O)OC(C)(C)C)c1cccc(Cl)n1. The normalized spacial score (nSPS) is 14.5. The summed E-state index contributed by atoms with van der Waals surface area (Å²) in [6.45, 7) is 8.03. The fourth-order valence-corrected chi connectivity index (χ4v) is 4.45. The molecule has 0 radical (unpaired) electrons. The zero-order valence-corrected chi connectivity index (χ0v) is 21.4. The van der Waals surface area contributed by atoms with Crippen LogP contribution in [0.5, 0.6) is 0 Å². The molecule has 0 saturated carbocycles. The topological polar surface area (TPSA) is 98.3 Å². The monoisotopic (exact) mass is 517 g/mol. The number of halogens is 1. The molecule has 0 bridgehead atoms.